The van der Waals surface area contributed by atoms with E-state index in [1.807, 2.05) is 12.1 Å². The van der Waals surface area contributed by atoms with E-state index >= 15 is 0 Å². The van der Waals surface area contributed by atoms with Crippen LogP contribution in [0.15, 0.2) is 30.3 Å². The van der Waals surface area contributed by atoms with Gasteiger partial charge in [0.15, 0.2) is 0 Å². The maximum absolute atomic E-state index is 12.0. The van der Waals surface area contributed by atoms with E-state index in [2.05, 4.69) is 15.0 Å². The van der Waals surface area contributed by atoms with Crippen LogP contribution in [0.4, 0.5) is 5.82 Å². The lowest BCUT2D eigenvalue weighted by Gasteiger charge is -2.12. The summed E-state index contributed by atoms with van der Waals surface area (Å²) in [4.78, 5) is 28.1. The molecule has 0 bridgehead atoms. The first kappa shape index (κ1) is 16.8. The second-order valence-corrected chi connectivity index (χ2v) is 5.47. The van der Waals surface area contributed by atoms with Crippen LogP contribution in [0.25, 0.3) is 0 Å². The summed E-state index contributed by atoms with van der Waals surface area (Å²) >= 11 is 0. The molecule has 1 N–H and O–H groups in total. The molecule has 1 aromatic heterocycles. The van der Waals surface area contributed by atoms with Crippen LogP contribution in [-0.4, -0.2) is 37.7 Å². The van der Waals surface area contributed by atoms with E-state index in [1.165, 1.54) is 31.9 Å². The average molecular weight is 342 g/mol. The minimum absolute atomic E-state index is 0.157. The number of methoxy groups -OCH3 is 2. The van der Waals surface area contributed by atoms with Crippen LogP contribution in [0.3, 0.4) is 0 Å². The first-order valence-corrected chi connectivity index (χ1v) is 7.78. The van der Waals surface area contributed by atoms with Crippen LogP contribution in [0, 0.1) is 0 Å². The maximum Gasteiger partial charge on any atom is 0.341 e. The number of carbonyl (C=O) groups is 2. The Labute approximate surface area is 144 Å². The van der Waals surface area contributed by atoms with Gasteiger partial charge in [-0.15, -0.1) is 0 Å². The first-order chi connectivity index (χ1) is 12.1. The minimum Gasteiger partial charge on any atom is -0.486 e. The molecule has 1 aromatic carbocycles. The fourth-order valence-electron chi connectivity index (χ4n) is 2.60. The van der Waals surface area contributed by atoms with Gasteiger partial charge in [0.05, 0.1) is 25.5 Å². The summed E-state index contributed by atoms with van der Waals surface area (Å²) in [6.07, 6.45) is 0.963. The summed E-state index contributed by atoms with van der Waals surface area (Å²) in [5, 5.41) is 3.21. The van der Waals surface area contributed by atoms with Crippen molar-refractivity contribution in [3.8, 4) is 5.75 Å². The molecule has 0 spiro atoms. The molecule has 0 amide bonds. The molecule has 2 heterocycles. The van der Waals surface area contributed by atoms with Crippen LogP contribution >= 0.6 is 0 Å². The molecular weight excluding hydrogens is 324 g/mol. The Morgan fingerprint density at radius 2 is 1.92 bits per heavy atom. The van der Waals surface area contributed by atoms with Gasteiger partial charge < -0.3 is 19.5 Å². The van der Waals surface area contributed by atoms with E-state index in [0.29, 0.717) is 5.75 Å². The van der Waals surface area contributed by atoms with Crippen molar-refractivity contribution in [2.75, 3.05) is 26.1 Å². The van der Waals surface area contributed by atoms with E-state index < -0.39 is 11.9 Å². The Morgan fingerprint density at radius 1 is 1.12 bits per heavy atom. The zero-order valence-corrected chi connectivity index (χ0v) is 14.0. The monoisotopic (exact) mass is 342 g/mol. The molecule has 25 heavy (non-hydrogen) atoms. The Bertz CT molecular complexity index is 819. The molecule has 1 aliphatic rings. The third-order valence-electron chi connectivity index (χ3n) is 3.90. The van der Waals surface area contributed by atoms with Crippen molar-refractivity contribution >= 4 is 17.8 Å². The van der Waals surface area contributed by atoms with E-state index in [4.69, 9.17) is 9.47 Å². The lowest BCUT2D eigenvalue weighted by molar-refractivity contribution is 0.0594. The molecule has 3 rings (SSSR count). The van der Waals surface area contributed by atoms with Crippen molar-refractivity contribution in [1.82, 2.24) is 4.98 Å². The van der Waals surface area contributed by atoms with Crippen molar-refractivity contribution in [3.63, 3.8) is 0 Å². The van der Waals surface area contributed by atoms with Crippen LogP contribution in [0.2, 0.25) is 0 Å². The van der Waals surface area contributed by atoms with Crippen molar-refractivity contribution in [2.24, 2.45) is 0 Å². The Hall–Kier alpha value is -3.09. The third-order valence-corrected chi connectivity index (χ3v) is 3.90. The fourth-order valence-corrected chi connectivity index (χ4v) is 2.60. The summed E-state index contributed by atoms with van der Waals surface area (Å²) in [7, 11) is 2.54. The fraction of sp³-hybridized carbons (Fsp3) is 0.278. The highest BCUT2D eigenvalue weighted by Gasteiger charge is 2.18. The number of esters is 2. The summed E-state index contributed by atoms with van der Waals surface area (Å²) < 4.78 is 15.2. The second kappa shape index (κ2) is 7.21. The quantitative estimate of drug-likeness (QED) is 0.834. The van der Waals surface area contributed by atoms with E-state index in [-0.39, 0.29) is 17.7 Å². The topological polar surface area (TPSA) is 86.8 Å². The standard InChI is InChI=1S/C18H18N2O5/c1-23-17(21)12-4-6-15(14(9-12)18(22)24-2)25-10-13-5-3-11-7-8-19-16(11)20-13/h3-6,9H,7-8,10H2,1-2H3,(H,19,20). The van der Waals surface area contributed by atoms with Gasteiger partial charge in [0.2, 0.25) is 0 Å². The largest absolute Gasteiger partial charge is 0.486 e. The molecule has 7 nitrogen and oxygen atoms in total. The lowest BCUT2D eigenvalue weighted by atomic mass is 10.1. The number of anilines is 1. The van der Waals surface area contributed by atoms with Crippen LogP contribution in [0.5, 0.6) is 5.75 Å². The summed E-state index contributed by atoms with van der Waals surface area (Å²) in [6, 6.07) is 8.38. The van der Waals surface area contributed by atoms with Crippen LogP contribution in [-0.2, 0) is 22.5 Å². The third kappa shape index (κ3) is 3.55. The SMILES string of the molecule is COC(=O)c1ccc(OCc2ccc3c(n2)NCC3)c(C(=O)OC)c1. The number of fused-ring (bicyclic) bond motifs is 1. The molecular formula is C18H18N2O5. The number of hydrogen-bond acceptors (Lipinski definition) is 7. The summed E-state index contributed by atoms with van der Waals surface area (Å²) in [5.74, 6) is 0.0532. The maximum atomic E-state index is 12.0. The van der Waals surface area contributed by atoms with Gasteiger partial charge in [0, 0.05) is 6.54 Å². The van der Waals surface area contributed by atoms with Gasteiger partial charge >= 0.3 is 11.9 Å². The van der Waals surface area contributed by atoms with Gasteiger partial charge in [-0.3, -0.25) is 0 Å². The van der Waals surface area contributed by atoms with Gasteiger partial charge in [0.25, 0.3) is 0 Å². The second-order valence-electron chi connectivity index (χ2n) is 5.47. The number of rotatable bonds is 5. The molecule has 7 heteroatoms. The Kier molecular flexibility index (Phi) is 4.83. The number of nitrogens with zero attached hydrogens (tertiary/aromatic N) is 1. The molecule has 0 fully saturated rings. The van der Waals surface area contributed by atoms with Gasteiger partial charge in [-0.2, -0.15) is 0 Å². The predicted molar refractivity (Wildman–Crippen MR) is 89.9 cm³/mol. The summed E-state index contributed by atoms with van der Waals surface area (Å²) in [5.41, 5.74) is 2.32. The molecule has 130 valence electrons. The Morgan fingerprint density at radius 3 is 2.68 bits per heavy atom. The van der Waals surface area contributed by atoms with Gasteiger partial charge in [-0.25, -0.2) is 14.6 Å². The minimum atomic E-state index is -0.593. The van der Waals surface area contributed by atoms with Crippen molar-refractivity contribution in [2.45, 2.75) is 13.0 Å². The van der Waals surface area contributed by atoms with Gasteiger partial charge in [-0.05, 0) is 36.2 Å². The highest BCUT2D eigenvalue weighted by molar-refractivity contribution is 5.97. The molecule has 0 saturated carbocycles. The Balaban J connectivity index is 1.81. The normalized spacial score (nSPS) is 12.1. The molecule has 0 saturated heterocycles. The predicted octanol–water partition coefficient (Wildman–Crippen LogP) is 2.20. The van der Waals surface area contributed by atoms with Crippen molar-refractivity contribution < 1.29 is 23.8 Å². The lowest BCUT2D eigenvalue weighted by Crippen LogP contribution is -2.10. The number of hydrogen-bond donors (Lipinski definition) is 1. The van der Waals surface area contributed by atoms with Crippen molar-refractivity contribution in [1.29, 1.82) is 0 Å². The zero-order valence-electron chi connectivity index (χ0n) is 14.0. The number of pyridine rings is 1. The summed E-state index contributed by atoms with van der Waals surface area (Å²) in [6.45, 7) is 1.07. The molecule has 2 aromatic rings. The number of ether oxygens (including phenoxy) is 3. The van der Waals surface area contributed by atoms with Gasteiger partial charge in [0.1, 0.15) is 23.7 Å². The highest BCUT2D eigenvalue weighted by atomic mass is 16.5. The molecule has 0 unspecified atom stereocenters. The molecule has 1 aliphatic heterocycles. The number of benzene rings is 1. The average Bonchev–Trinajstić information content (AvgIpc) is 3.12. The number of carbonyl (C=O) groups excluding carboxylic acids is 2. The van der Waals surface area contributed by atoms with E-state index in [9.17, 15) is 9.59 Å². The number of aromatic nitrogens is 1. The number of nitrogens with one attached hydrogen (secondary N) is 1. The zero-order chi connectivity index (χ0) is 17.8. The highest BCUT2D eigenvalue weighted by Crippen LogP contribution is 2.24. The van der Waals surface area contributed by atoms with Crippen LogP contribution < -0.4 is 10.1 Å². The van der Waals surface area contributed by atoms with E-state index in [0.717, 1.165) is 24.5 Å². The van der Waals surface area contributed by atoms with Crippen molar-refractivity contribution in [3.05, 3.63) is 52.7 Å². The molecule has 0 aliphatic carbocycles. The smallest absolute Gasteiger partial charge is 0.341 e. The molecule has 0 radical (unpaired) electrons. The van der Waals surface area contributed by atoms with E-state index in [1.54, 1.807) is 6.07 Å². The first-order valence-electron chi connectivity index (χ1n) is 7.78. The molecule has 0 atom stereocenters. The van der Waals surface area contributed by atoms with Gasteiger partial charge in [-0.1, -0.05) is 6.07 Å². The van der Waals surface area contributed by atoms with Crippen LogP contribution in [0.1, 0.15) is 32.0 Å².